The molecule has 0 aromatic heterocycles. The number of ether oxygens (including phenoxy) is 1. The van der Waals surface area contributed by atoms with Crippen LogP contribution in [-0.4, -0.2) is 23.4 Å². The van der Waals surface area contributed by atoms with E-state index in [1.54, 1.807) is 25.1 Å². The Morgan fingerprint density at radius 1 is 1.22 bits per heavy atom. The molecule has 0 fully saturated rings. The predicted octanol–water partition coefficient (Wildman–Crippen LogP) is 4.41. The number of rotatable bonds is 6. The molecule has 9 heteroatoms. The fourth-order valence-electron chi connectivity index (χ4n) is 2.08. The summed E-state index contributed by atoms with van der Waals surface area (Å²) in [7, 11) is 0. The Hall–Kier alpha value is -2.90. The van der Waals surface area contributed by atoms with Gasteiger partial charge in [0.1, 0.15) is 0 Å². The topological polar surface area (TPSA) is 98.5 Å². The highest BCUT2D eigenvalue weighted by molar-refractivity contribution is 6.40. The Balaban J connectivity index is 1.95. The van der Waals surface area contributed by atoms with Crippen molar-refractivity contribution in [2.24, 2.45) is 0 Å². The number of nitro groups is 1. The first-order chi connectivity index (χ1) is 12.8. The molecular formula is C18H14Cl2N2O5. The summed E-state index contributed by atoms with van der Waals surface area (Å²) in [5.74, 6) is -1.46. The lowest BCUT2D eigenvalue weighted by molar-refractivity contribution is -0.385. The van der Waals surface area contributed by atoms with E-state index >= 15 is 0 Å². The number of anilines is 1. The van der Waals surface area contributed by atoms with Crippen molar-refractivity contribution in [1.29, 1.82) is 0 Å². The summed E-state index contributed by atoms with van der Waals surface area (Å²) in [5.41, 5.74) is 1.04. The van der Waals surface area contributed by atoms with Gasteiger partial charge in [-0.1, -0.05) is 41.4 Å². The molecule has 0 aliphatic rings. The highest BCUT2D eigenvalue weighted by Crippen LogP contribution is 2.32. The van der Waals surface area contributed by atoms with Crippen LogP contribution in [0.15, 0.2) is 42.5 Å². The number of amides is 1. The number of nitro benzene ring substituents is 1. The zero-order chi connectivity index (χ0) is 20.0. The number of benzene rings is 2. The van der Waals surface area contributed by atoms with E-state index in [1.807, 2.05) is 0 Å². The summed E-state index contributed by atoms with van der Waals surface area (Å²) in [4.78, 5) is 34.0. The molecule has 0 radical (unpaired) electrons. The summed E-state index contributed by atoms with van der Waals surface area (Å²) in [5, 5.41) is 13.9. The second-order valence-corrected chi connectivity index (χ2v) is 6.14. The number of hydrogen-bond acceptors (Lipinski definition) is 5. The minimum Gasteiger partial charge on any atom is -0.452 e. The molecule has 0 bridgehead atoms. The van der Waals surface area contributed by atoms with Crippen LogP contribution in [0.2, 0.25) is 10.0 Å². The average Bonchev–Trinajstić information content (AvgIpc) is 2.65. The summed E-state index contributed by atoms with van der Waals surface area (Å²) < 4.78 is 4.81. The summed E-state index contributed by atoms with van der Waals surface area (Å²) >= 11 is 12.1. The minimum absolute atomic E-state index is 0.150. The van der Waals surface area contributed by atoms with Gasteiger partial charge in [0.05, 0.1) is 26.2 Å². The number of nitrogens with zero attached hydrogens (tertiary/aromatic N) is 1. The van der Waals surface area contributed by atoms with Gasteiger partial charge in [0.2, 0.25) is 0 Å². The SMILES string of the molecule is Cc1ccc(Cl)c(NC(=O)COC(=O)/C=C/c2ccccc2[N+](=O)[O-])c1Cl. The monoisotopic (exact) mass is 408 g/mol. The Morgan fingerprint density at radius 3 is 2.63 bits per heavy atom. The maximum atomic E-state index is 11.9. The van der Waals surface area contributed by atoms with Gasteiger partial charge in [-0.25, -0.2) is 4.79 Å². The molecule has 2 aromatic rings. The summed E-state index contributed by atoms with van der Waals surface area (Å²) in [6, 6.07) is 9.19. The van der Waals surface area contributed by atoms with Gasteiger partial charge in [-0.2, -0.15) is 0 Å². The van der Waals surface area contributed by atoms with Crippen molar-refractivity contribution >= 4 is 52.5 Å². The normalized spacial score (nSPS) is 10.6. The third-order valence-electron chi connectivity index (χ3n) is 3.43. The van der Waals surface area contributed by atoms with Gasteiger partial charge >= 0.3 is 5.97 Å². The van der Waals surface area contributed by atoms with Crippen molar-refractivity contribution in [2.75, 3.05) is 11.9 Å². The van der Waals surface area contributed by atoms with Crippen LogP contribution < -0.4 is 5.32 Å². The fourth-order valence-corrected chi connectivity index (χ4v) is 2.55. The molecule has 0 aliphatic heterocycles. The van der Waals surface area contributed by atoms with Gasteiger partial charge < -0.3 is 10.1 Å². The van der Waals surface area contributed by atoms with Gasteiger partial charge in [-0.3, -0.25) is 14.9 Å². The zero-order valence-electron chi connectivity index (χ0n) is 14.1. The number of carbonyl (C=O) groups excluding carboxylic acids is 2. The van der Waals surface area contributed by atoms with Crippen molar-refractivity contribution in [3.8, 4) is 0 Å². The van der Waals surface area contributed by atoms with E-state index in [4.69, 9.17) is 27.9 Å². The molecule has 0 atom stereocenters. The molecule has 2 aromatic carbocycles. The van der Waals surface area contributed by atoms with Crippen molar-refractivity contribution in [2.45, 2.75) is 6.92 Å². The molecule has 7 nitrogen and oxygen atoms in total. The lowest BCUT2D eigenvalue weighted by Gasteiger charge is -2.11. The quantitative estimate of drug-likeness (QED) is 0.330. The van der Waals surface area contributed by atoms with E-state index < -0.39 is 23.4 Å². The van der Waals surface area contributed by atoms with E-state index in [9.17, 15) is 19.7 Å². The minimum atomic E-state index is -0.829. The molecule has 27 heavy (non-hydrogen) atoms. The Morgan fingerprint density at radius 2 is 1.93 bits per heavy atom. The van der Waals surface area contributed by atoms with Crippen molar-refractivity contribution < 1.29 is 19.2 Å². The number of aryl methyl sites for hydroxylation is 1. The maximum absolute atomic E-state index is 11.9. The highest BCUT2D eigenvalue weighted by atomic mass is 35.5. The summed E-state index contributed by atoms with van der Waals surface area (Å²) in [6.45, 7) is 1.18. The first-order valence-corrected chi connectivity index (χ1v) is 8.38. The third-order valence-corrected chi connectivity index (χ3v) is 4.23. The lowest BCUT2D eigenvalue weighted by Crippen LogP contribution is -2.20. The average molecular weight is 409 g/mol. The molecule has 1 N–H and O–H groups in total. The number of carbonyl (C=O) groups is 2. The first kappa shape index (κ1) is 20.4. The van der Waals surface area contributed by atoms with Crippen LogP contribution in [0, 0.1) is 17.0 Å². The molecule has 0 heterocycles. The molecule has 0 saturated heterocycles. The van der Waals surface area contributed by atoms with E-state index in [0.717, 1.165) is 11.6 Å². The van der Waals surface area contributed by atoms with Crippen LogP contribution in [0.25, 0.3) is 6.08 Å². The van der Waals surface area contributed by atoms with Crippen molar-refractivity contribution in [1.82, 2.24) is 0 Å². The number of nitrogens with one attached hydrogen (secondary N) is 1. The van der Waals surface area contributed by atoms with E-state index in [1.165, 1.54) is 24.3 Å². The van der Waals surface area contributed by atoms with Crippen LogP contribution >= 0.6 is 23.2 Å². The first-order valence-electron chi connectivity index (χ1n) is 7.62. The molecule has 2 rings (SSSR count). The fraction of sp³-hybridized carbons (Fsp3) is 0.111. The van der Waals surface area contributed by atoms with Crippen molar-refractivity contribution in [3.63, 3.8) is 0 Å². The van der Waals surface area contributed by atoms with Crippen molar-refractivity contribution in [3.05, 3.63) is 73.8 Å². The third kappa shape index (κ3) is 5.54. The van der Waals surface area contributed by atoms with Gasteiger partial charge in [-0.15, -0.1) is 0 Å². The Labute approximate surface area is 164 Å². The summed E-state index contributed by atoms with van der Waals surface area (Å²) in [6.07, 6.45) is 2.24. The number of halogens is 2. The molecule has 0 aliphatic carbocycles. The lowest BCUT2D eigenvalue weighted by atomic mass is 10.1. The molecule has 0 unspecified atom stereocenters. The molecular weight excluding hydrogens is 395 g/mol. The van der Waals surface area contributed by atoms with Crippen LogP contribution in [-0.2, 0) is 14.3 Å². The second kappa shape index (κ2) is 9.16. The number of para-hydroxylation sites is 1. The van der Waals surface area contributed by atoms with Gasteiger partial charge in [0.15, 0.2) is 6.61 Å². The Kier molecular flexibility index (Phi) is 6.92. The highest BCUT2D eigenvalue weighted by Gasteiger charge is 2.13. The predicted molar refractivity (Wildman–Crippen MR) is 103 cm³/mol. The maximum Gasteiger partial charge on any atom is 0.331 e. The van der Waals surface area contributed by atoms with Gasteiger partial charge in [-0.05, 0) is 30.7 Å². The standard InChI is InChI=1S/C18H14Cl2N2O5/c1-11-6-8-13(19)18(17(11)20)21-15(23)10-27-16(24)9-7-12-4-2-3-5-14(12)22(25)26/h2-9H,10H2,1H3,(H,21,23)/b9-7+. The smallest absolute Gasteiger partial charge is 0.331 e. The zero-order valence-corrected chi connectivity index (χ0v) is 15.6. The van der Waals surface area contributed by atoms with Gasteiger partial charge in [0.25, 0.3) is 11.6 Å². The number of hydrogen-bond donors (Lipinski definition) is 1. The van der Waals surface area contributed by atoms with E-state index in [0.29, 0.717) is 5.02 Å². The molecule has 0 saturated carbocycles. The van der Waals surface area contributed by atoms with Crippen LogP contribution in [0.4, 0.5) is 11.4 Å². The number of esters is 1. The van der Waals surface area contributed by atoms with Gasteiger partial charge in [0, 0.05) is 12.1 Å². The van der Waals surface area contributed by atoms with E-state index in [2.05, 4.69) is 5.32 Å². The molecule has 1 amide bonds. The molecule has 0 spiro atoms. The van der Waals surface area contributed by atoms with Crippen LogP contribution in [0.1, 0.15) is 11.1 Å². The van der Waals surface area contributed by atoms with Crippen LogP contribution in [0.3, 0.4) is 0 Å². The Bertz CT molecular complexity index is 928. The van der Waals surface area contributed by atoms with Crippen LogP contribution in [0.5, 0.6) is 0 Å². The second-order valence-electron chi connectivity index (χ2n) is 5.36. The van der Waals surface area contributed by atoms with E-state index in [-0.39, 0.29) is 22.0 Å². The molecule has 140 valence electrons. The largest absolute Gasteiger partial charge is 0.452 e.